The van der Waals surface area contributed by atoms with Crippen molar-refractivity contribution in [3.8, 4) is 0 Å². The maximum absolute atomic E-state index is 12.7. The molecule has 2 fully saturated rings. The molecule has 21 heavy (non-hydrogen) atoms. The summed E-state index contributed by atoms with van der Waals surface area (Å²) in [5, 5.41) is 11.1. The summed E-state index contributed by atoms with van der Waals surface area (Å²) < 4.78 is 0. The van der Waals surface area contributed by atoms with Crippen molar-refractivity contribution >= 4 is 22.7 Å². The number of rotatable bonds is 2. The molecule has 0 unspecified atom stereocenters. The molecule has 112 valence electrons. The summed E-state index contributed by atoms with van der Waals surface area (Å²) in [6.07, 6.45) is 3.03. The molecule has 1 N–H and O–H groups in total. The minimum absolute atomic E-state index is 0.00988. The first-order valence-corrected chi connectivity index (χ1v) is 8.31. The molecular weight excluding hydrogens is 284 g/mol. The maximum Gasteiger partial charge on any atom is 0.199 e. The lowest BCUT2D eigenvalue weighted by Gasteiger charge is -2.46. The van der Waals surface area contributed by atoms with Crippen molar-refractivity contribution in [2.75, 3.05) is 0 Å². The highest BCUT2D eigenvalue weighted by Gasteiger charge is 2.63. The lowest BCUT2D eigenvalue weighted by molar-refractivity contribution is -0.156. The monoisotopic (exact) mass is 304 g/mol. The second kappa shape index (κ2) is 5.25. The van der Waals surface area contributed by atoms with Crippen LogP contribution in [0.5, 0.6) is 0 Å². The van der Waals surface area contributed by atoms with Gasteiger partial charge in [0, 0.05) is 11.3 Å². The van der Waals surface area contributed by atoms with Crippen molar-refractivity contribution in [2.45, 2.75) is 49.5 Å². The molecule has 3 atom stereocenters. The van der Waals surface area contributed by atoms with Crippen LogP contribution in [0.15, 0.2) is 35.2 Å². The summed E-state index contributed by atoms with van der Waals surface area (Å²) in [6.45, 7) is 1.84. The van der Waals surface area contributed by atoms with E-state index in [-0.39, 0.29) is 10.9 Å². The number of hydrogen-bond acceptors (Lipinski definition) is 4. The van der Waals surface area contributed by atoms with E-state index < -0.39 is 16.9 Å². The van der Waals surface area contributed by atoms with Gasteiger partial charge in [0.05, 0.1) is 16.9 Å². The largest absolute Gasteiger partial charge is 0.388 e. The quantitative estimate of drug-likeness (QED) is 0.853. The lowest BCUT2D eigenvalue weighted by atomic mass is 9.61. The smallest absolute Gasteiger partial charge is 0.199 e. The number of aliphatic hydroxyl groups is 1. The number of ketones is 1. The molecule has 0 radical (unpaired) electrons. The van der Waals surface area contributed by atoms with Gasteiger partial charge < -0.3 is 5.11 Å². The highest BCUT2D eigenvalue weighted by atomic mass is 32.2. The summed E-state index contributed by atoms with van der Waals surface area (Å²) in [6, 6.07) is 9.50. The van der Waals surface area contributed by atoms with E-state index >= 15 is 0 Å². The second-order valence-electron chi connectivity index (χ2n) is 6.36. The predicted octanol–water partition coefficient (Wildman–Crippen LogP) is 3.21. The Kier molecular flexibility index (Phi) is 3.70. The summed E-state index contributed by atoms with van der Waals surface area (Å²) in [7, 11) is 0. The van der Waals surface area contributed by atoms with Crippen LogP contribution in [0.1, 0.15) is 39.0 Å². The minimum Gasteiger partial charge on any atom is -0.388 e. The first-order chi connectivity index (χ1) is 9.97. The third-order valence-corrected chi connectivity index (χ3v) is 6.29. The average molecular weight is 304 g/mol. The summed E-state index contributed by atoms with van der Waals surface area (Å²) in [5.41, 5.74) is -1.88. The highest BCUT2D eigenvalue weighted by molar-refractivity contribution is 8.13. The van der Waals surface area contributed by atoms with Crippen LogP contribution in [0.2, 0.25) is 0 Å². The van der Waals surface area contributed by atoms with Crippen LogP contribution in [-0.2, 0) is 9.59 Å². The molecule has 1 aromatic carbocycles. The Morgan fingerprint density at radius 1 is 1.29 bits per heavy atom. The van der Waals surface area contributed by atoms with Crippen molar-refractivity contribution < 1.29 is 14.7 Å². The zero-order chi connectivity index (χ0) is 15.1. The Hall–Kier alpha value is -1.13. The Balaban J connectivity index is 1.85. The zero-order valence-corrected chi connectivity index (χ0v) is 13.0. The second-order valence-corrected chi connectivity index (χ2v) is 7.44. The fourth-order valence-electron chi connectivity index (χ4n) is 3.90. The number of Topliss-reactive ketones (excluding diaryl/α,β-unsaturated/α-hetero) is 1. The molecular formula is C17H20O3S. The van der Waals surface area contributed by atoms with Crippen LogP contribution >= 0.6 is 11.8 Å². The van der Waals surface area contributed by atoms with Gasteiger partial charge >= 0.3 is 0 Å². The van der Waals surface area contributed by atoms with Crippen LogP contribution in [0, 0.1) is 11.3 Å². The molecule has 0 heterocycles. The molecule has 4 heteroatoms. The fourth-order valence-corrected chi connectivity index (χ4v) is 4.88. The number of thioether (sulfide) groups is 1. The molecule has 3 rings (SSSR count). The van der Waals surface area contributed by atoms with E-state index in [0.29, 0.717) is 25.7 Å². The third kappa shape index (κ3) is 2.25. The van der Waals surface area contributed by atoms with E-state index in [1.807, 2.05) is 37.3 Å². The van der Waals surface area contributed by atoms with Crippen molar-refractivity contribution in [3.05, 3.63) is 30.3 Å². The van der Waals surface area contributed by atoms with E-state index in [2.05, 4.69) is 0 Å². The lowest BCUT2D eigenvalue weighted by Crippen LogP contribution is -2.55. The number of carbonyl (C=O) groups is 2. The normalized spacial score (nSPS) is 35.5. The molecule has 0 aliphatic heterocycles. The molecule has 1 aromatic rings. The minimum atomic E-state index is -1.15. The van der Waals surface area contributed by atoms with Crippen LogP contribution in [0.3, 0.4) is 0 Å². The van der Waals surface area contributed by atoms with Crippen molar-refractivity contribution in [1.82, 2.24) is 0 Å². The standard InChI is InChI=1S/C17H20O3S/c1-16-10-5-8-13(17(16,20)11-9-14(16)18)15(19)21-12-6-3-2-4-7-12/h2-4,6-7,13,20H,5,8-11H2,1H3/t13-,16-,17+/m1/s1. The van der Waals surface area contributed by atoms with Crippen LogP contribution in [-0.4, -0.2) is 21.6 Å². The van der Waals surface area contributed by atoms with Crippen molar-refractivity contribution in [1.29, 1.82) is 0 Å². The Morgan fingerprint density at radius 3 is 2.71 bits per heavy atom. The molecule has 2 aliphatic rings. The maximum atomic E-state index is 12.7. The van der Waals surface area contributed by atoms with E-state index in [1.165, 1.54) is 11.8 Å². The SMILES string of the molecule is C[C@]12CCC[C@H](C(=O)Sc3ccccc3)[C@@]1(O)CCC2=O. The number of carbonyl (C=O) groups excluding carboxylic acids is 2. The zero-order valence-electron chi connectivity index (χ0n) is 12.2. The van der Waals surface area contributed by atoms with Gasteiger partial charge in [-0.3, -0.25) is 9.59 Å². The summed E-state index contributed by atoms with van der Waals surface area (Å²) in [4.78, 5) is 25.7. The van der Waals surface area contributed by atoms with Gasteiger partial charge in [-0.1, -0.05) is 36.4 Å². The van der Waals surface area contributed by atoms with E-state index in [9.17, 15) is 14.7 Å². The molecule has 2 aliphatic carbocycles. The number of hydrogen-bond donors (Lipinski definition) is 1. The van der Waals surface area contributed by atoms with Gasteiger partial charge in [-0.15, -0.1) is 0 Å². The Labute approximate surface area is 129 Å². The highest BCUT2D eigenvalue weighted by Crippen LogP contribution is 2.56. The Morgan fingerprint density at radius 2 is 2.00 bits per heavy atom. The molecule has 0 spiro atoms. The summed E-state index contributed by atoms with van der Waals surface area (Å²) >= 11 is 1.19. The van der Waals surface area contributed by atoms with Gasteiger partial charge in [-0.05, 0) is 38.3 Å². The first-order valence-electron chi connectivity index (χ1n) is 7.50. The predicted molar refractivity (Wildman–Crippen MR) is 81.9 cm³/mol. The van der Waals surface area contributed by atoms with Gasteiger partial charge in [0.2, 0.25) is 0 Å². The molecule has 0 aromatic heterocycles. The van der Waals surface area contributed by atoms with Gasteiger partial charge in [-0.25, -0.2) is 0 Å². The first kappa shape index (κ1) is 14.8. The van der Waals surface area contributed by atoms with E-state index in [1.54, 1.807) is 0 Å². The van der Waals surface area contributed by atoms with Crippen LogP contribution < -0.4 is 0 Å². The molecule has 3 nitrogen and oxygen atoms in total. The van der Waals surface area contributed by atoms with E-state index in [0.717, 1.165) is 11.3 Å². The van der Waals surface area contributed by atoms with Crippen LogP contribution in [0.25, 0.3) is 0 Å². The molecule has 0 saturated heterocycles. The Bertz CT molecular complexity index is 571. The van der Waals surface area contributed by atoms with Gasteiger partial charge in [0.1, 0.15) is 5.78 Å². The third-order valence-electron chi connectivity index (χ3n) is 5.30. The molecule has 0 amide bonds. The van der Waals surface area contributed by atoms with Gasteiger partial charge in [0.15, 0.2) is 5.12 Å². The fraction of sp³-hybridized carbons (Fsp3) is 0.529. The van der Waals surface area contributed by atoms with E-state index in [4.69, 9.17) is 0 Å². The topological polar surface area (TPSA) is 54.4 Å². The van der Waals surface area contributed by atoms with Gasteiger partial charge in [0.25, 0.3) is 0 Å². The summed E-state index contributed by atoms with van der Waals surface area (Å²) in [5.74, 6) is -0.319. The molecule has 2 saturated carbocycles. The van der Waals surface area contributed by atoms with Crippen molar-refractivity contribution in [3.63, 3.8) is 0 Å². The average Bonchev–Trinajstić information content (AvgIpc) is 2.72. The molecule has 0 bridgehead atoms. The van der Waals surface area contributed by atoms with Crippen molar-refractivity contribution in [2.24, 2.45) is 11.3 Å². The van der Waals surface area contributed by atoms with Crippen LogP contribution in [0.4, 0.5) is 0 Å². The number of fused-ring (bicyclic) bond motifs is 1. The number of benzene rings is 1. The van der Waals surface area contributed by atoms with Gasteiger partial charge in [-0.2, -0.15) is 0 Å².